The monoisotopic (exact) mass is 314 g/mol. The van der Waals surface area contributed by atoms with Crippen LogP contribution in [0.2, 0.25) is 5.02 Å². The molecule has 0 aliphatic carbocycles. The first-order chi connectivity index (χ1) is 7.59. The van der Waals surface area contributed by atoms with Gasteiger partial charge in [0.05, 0.1) is 9.90 Å². The Bertz CT molecular complexity index is 548. The van der Waals surface area contributed by atoms with Gasteiger partial charge in [0.15, 0.2) is 0 Å². The highest BCUT2D eigenvalue weighted by Gasteiger charge is 2.15. The fraction of sp³-hybridized carbons (Fsp3) is 0.0833. The van der Waals surface area contributed by atoms with Gasteiger partial charge in [-0.1, -0.05) is 27.5 Å². The first-order valence-corrected chi connectivity index (χ1v) is 6.68. The molecular weight excluding hydrogens is 308 g/mol. The largest absolute Gasteiger partial charge is 0.288 e. The molecule has 0 atom stereocenters. The number of benzene rings is 1. The zero-order valence-electron chi connectivity index (χ0n) is 8.46. The van der Waals surface area contributed by atoms with E-state index in [0.717, 1.165) is 14.9 Å². The van der Waals surface area contributed by atoms with Gasteiger partial charge in [-0.3, -0.25) is 4.79 Å². The summed E-state index contributed by atoms with van der Waals surface area (Å²) < 4.78 is 0.872. The molecule has 16 heavy (non-hydrogen) atoms. The highest BCUT2D eigenvalue weighted by molar-refractivity contribution is 9.10. The molecule has 0 radical (unpaired) electrons. The first-order valence-electron chi connectivity index (χ1n) is 4.63. The maximum absolute atomic E-state index is 12.2. The van der Waals surface area contributed by atoms with Crippen molar-refractivity contribution in [2.45, 2.75) is 6.92 Å². The van der Waals surface area contributed by atoms with Crippen LogP contribution in [0.1, 0.15) is 20.8 Å². The third kappa shape index (κ3) is 2.21. The van der Waals surface area contributed by atoms with Gasteiger partial charge < -0.3 is 0 Å². The molecule has 1 aromatic heterocycles. The molecule has 0 aliphatic rings. The highest BCUT2D eigenvalue weighted by atomic mass is 79.9. The molecule has 1 heterocycles. The van der Waals surface area contributed by atoms with Crippen LogP contribution in [0.5, 0.6) is 0 Å². The van der Waals surface area contributed by atoms with Crippen LogP contribution in [-0.2, 0) is 0 Å². The van der Waals surface area contributed by atoms with Crippen LogP contribution in [0.4, 0.5) is 0 Å². The molecule has 82 valence electrons. The van der Waals surface area contributed by atoms with E-state index < -0.39 is 0 Å². The van der Waals surface area contributed by atoms with Crippen molar-refractivity contribution in [2.75, 3.05) is 0 Å². The minimum atomic E-state index is -0.00926. The number of thiophene rings is 1. The van der Waals surface area contributed by atoms with Crippen LogP contribution in [0.25, 0.3) is 0 Å². The maximum Gasteiger partial charge on any atom is 0.204 e. The molecule has 4 heteroatoms. The predicted octanol–water partition coefficient (Wildman–Crippen LogP) is 4.70. The molecule has 0 N–H and O–H groups in total. The number of rotatable bonds is 2. The van der Waals surface area contributed by atoms with E-state index in [1.165, 1.54) is 11.3 Å². The van der Waals surface area contributed by atoms with Crippen molar-refractivity contribution in [2.24, 2.45) is 0 Å². The lowest BCUT2D eigenvalue weighted by Crippen LogP contribution is -2.01. The molecule has 0 unspecified atom stereocenters. The van der Waals surface area contributed by atoms with Crippen molar-refractivity contribution < 1.29 is 4.79 Å². The van der Waals surface area contributed by atoms with Gasteiger partial charge in [-0.2, -0.15) is 0 Å². The van der Waals surface area contributed by atoms with Gasteiger partial charge in [0, 0.05) is 10.0 Å². The van der Waals surface area contributed by atoms with Crippen LogP contribution < -0.4 is 0 Å². The average molecular weight is 316 g/mol. The normalized spacial score (nSPS) is 10.4. The van der Waals surface area contributed by atoms with E-state index in [4.69, 9.17) is 11.6 Å². The standard InChI is InChI=1S/C12H8BrClOS/c1-7-4-5-16-12(7)11(15)9-3-2-8(13)6-10(9)14/h2-6H,1H3. The Morgan fingerprint density at radius 2 is 2.12 bits per heavy atom. The molecule has 1 nitrogen and oxygen atoms in total. The van der Waals surface area contributed by atoms with Crippen LogP contribution in [0, 0.1) is 6.92 Å². The van der Waals surface area contributed by atoms with Crippen molar-refractivity contribution >= 4 is 44.7 Å². The van der Waals surface area contributed by atoms with Gasteiger partial charge >= 0.3 is 0 Å². The second kappa shape index (κ2) is 4.70. The topological polar surface area (TPSA) is 17.1 Å². The minimum Gasteiger partial charge on any atom is -0.288 e. The molecule has 0 fully saturated rings. The van der Waals surface area contributed by atoms with E-state index in [0.29, 0.717) is 10.6 Å². The van der Waals surface area contributed by atoms with Gasteiger partial charge in [0.2, 0.25) is 5.78 Å². The summed E-state index contributed by atoms with van der Waals surface area (Å²) >= 11 is 10.8. The van der Waals surface area contributed by atoms with Crippen molar-refractivity contribution in [3.05, 3.63) is 55.1 Å². The zero-order chi connectivity index (χ0) is 11.7. The fourth-order valence-electron chi connectivity index (χ4n) is 1.40. The third-order valence-corrected chi connectivity index (χ3v) is 4.07. The van der Waals surface area contributed by atoms with E-state index in [-0.39, 0.29) is 5.78 Å². The summed E-state index contributed by atoms with van der Waals surface area (Å²) in [6.45, 7) is 1.93. The van der Waals surface area contributed by atoms with Gasteiger partial charge in [-0.25, -0.2) is 0 Å². The smallest absolute Gasteiger partial charge is 0.204 e. The van der Waals surface area contributed by atoms with Crippen molar-refractivity contribution in [1.29, 1.82) is 0 Å². The molecule has 2 rings (SSSR count). The molecule has 0 spiro atoms. The van der Waals surface area contributed by atoms with Crippen molar-refractivity contribution in [3.63, 3.8) is 0 Å². The van der Waals surface area contributed by atoms with Crippen LogP contribution in [-0.4, -0.2) is 5.78 Å². The van der Waals surface area contributed by atoms with E-state index in [9.17, 15) is 4.79 Å². The summed E-state index contributed by atoms with van der Waals surface area (Å²) in [7, 11) is 0. The number of carbonyl (C=O) groups excluding carboxylic acids is 1. The number of hydrogen-bond donors (Lipinski definition) is 0. The van der Waals surface area contributed by atoms with Crippen LogP contribution in [0.15, 0.2) is 34.1 Å². The Kier molecular flexibility index (Phi) is 3.47. The summed E-state index contributed by atoms with van der Waals surface area (Å²) in [6.07, 6.45) is 0. The third-order valence-electron chi connectivity index (χ3n) is 2.24. The minimum absolute atomic E-state index is 0.00926. The SMILES string of the molecule is Cc1ccsc1C(=O)c1ccc(Br)cc1Cl. The molecule has 0 amide bonds. The number of aryl methyl sites for hydroxylation is 1. The van der Waals surface area contributed by atoms with E-state index in [1.54, 1.807) is 12.1 Å². The van der Waals surface area contributed by atoms with Gasteiger partial charge in [-0.05, 0) is 42.1 Å². The van der Waals surface area contributed by atoms with Crippen molar-refractivity contribution in [1.82, 2.24) is 0 Å². The number of halogens is 2. The Balaban J connectivity index is 2.46. The molecule has 0 saturated carbocycles. The first kappa shape index (κ1) is 11.8. The zero-order valence-corrected chi connectivity index (χ0v) is 11.6. The Hall–Kier alpha value is -0.640. The lowest BCUT2D eigenvalue weighted by molar-refractivity contribution is 0.104. The Morgan fingerprint density at radius 1 is 1.38 bits per heavy atom. The Labute approximate surface area is 111 Å². The quantitative estimate of drug-likeness (QED) is 0.734. The number of carbonyl (C=O) groups is 1. The summed E-state index contributed by atoms with van der Waals surface area (Å²) in [4.78, 5) is 12.9. The molecule has 0 saturated heterocycles. The van der Waals surface area contributed by atoms with Gasteiger partial charge in [0.25, 0.3) is 0 Å². The fourth-order valence-corrected chi connectivity index (χ4v) is 3.04. The highest BCUT2D eigenvalue weighted by Crippen LogP contribution is 2.26. The van der Waals surface area contributed by atoms with Crippen LogP contribution >= 0.6 is 38.9 Å². The molecule has 2 aromatic rings. The lowest BCUT2D eigenvalue weighted by Gasteiger charge is -2.03. The molecular formula is C12H8BrClOS. The number of ketones is 1. The van der Waals surface area contributed by atoms with E-state index in [1.807, 2.05) is 24.4 Å². The van der Waals surface area contributed by atoms with Crippen molar-refractivity contribution in [3.8, 4) is 0 Å². The van der Waals surface area contributed by atoms with E-state index in [2.05, 4.69) is 15.9 Å². The van der Waals surface area contributed by atoms with E-state index >= 15 is 0 Å². The summed E-state index contributed by atoms with van der Waals surface area (Å²) in [5, 5.41) is 2.39. The lowest BCUT2D eigenvalue weighted by atomic mass is 10.1. The van der Waals surface area contributed by atoms with Crippen LogP contribution in [0.3, 0.4) is 0 Å². The predicted molar refractivity (Wildman–Crippen MR) is 71.6 cm³/mol. The second-order valence-corrected chi connectivity index (χ2v) is 5.63. The molecule has 0 aliphatic heterocycles. The Morgan fingerprint density at radius 3 is 2.69 bits per heavy atom. The molecule has 1 aromatic carbocycles. The summed E-state index contributed by atoms with van der Waals surface area (Å²) in [5.74, 6) is -0.00926. The maximum atomic E-state index is 12.2. The molecule has 0 bridgehead atoms. The number of hydrogen-bond acceptors (Lipinski definition) is 2. The average Bonchev–Trinajstić information content (AvgIpc) is 2.63. The summed E-state index contributed by atoms with van der Waals surface area (Å²) in [5.41, 5.74) is 1.55. The van der Waals surface area contributed by atoms with Gasteiger partial charge in [-0.15, -0.1) is 11.3 Å². The second-order valence-electron chi connectivity index (χ2n) is 3.39. The van der Waals surface area contributed by atoms with Gasteiger partial charge in [0.1, 0.15) is 0 Å². The summed E-state index contributed by atoms with van der Waals surface area (Å²) in [6, 6.07) is 7.23.